The van der Waals surface area contributed by atoms with Gasteiger partial charge in [-0.05, 0) is 19.8 Å². The van der Waals surface area contributed by atoms with Crippen molar-refractivity contribution in [2.45, 2.75) is 38.5 Å². The highest BCUT2D eigenvalue weighted by Gasteiger charge is 2.17. The summed E-state index contributed by atoms with van der Waals surface area (Å²) in [5.74, 6) is 0.866. The van der Waals surface area contributed by atoms with Gasteiger partial charge in [-0.15, -0.1) is 35.3 Å². The number of guanidine groups is 1. The van der Waals surface area contributed by atoms with Crippen LogP contribution in [-0.2, 0) is 16.0 Å². The van der Waals surface area contributed by atoms with Gasteiger partial charge < -0.3 is 19.7 Å². The van der Waals surface area contributed by atoms with Gasteiger partial charge >= 0.3 is 0 Å². The largest absolute Gasteiger partial charge is 0.376 e. The van der Waals surface area contributed by atoms with Crippen molar-refractivity contribution in [3.63, 3.8) is 0 Å². The van der Waals surface area contributed by atoms with Gasteiger partial charge in [0, 0.05) is 39.7 Å². The van der Waals surface area contributed by atoms with E-state index in [-0.39, 0.29) is 30.1 Å². The summed E-state index contributed by atoms with van der Waals surface area (Å²) in [5, 5.41) is 6.46. The molecule has 0 radical (unpaired) electrons. The van der Waals surface area contributed by atoms with Crippen LogP contribution in [0.3, 0.4) is 0 Å². The molecule has 1 aromatic heterocycles. The van der Waals surface area contributed by atoms with Crippen molar-refractivity contribution in [3.8, 4) is 0 Å². The number of aromatic nitrogens is 1. The number of hydrogen-bond donors (Lipinski definition) is 1. The van der Waals surface area contributed by atoms with Crippen molar-refractivity contribution in [2.24, 2.45) is 4.99 Å². The Morgan fingerprint density at radius 3 is 3.04 bits per heavy atom. The molecule has 2 unspecified atom stereocenters. The molecule has 0 spiro atoms. The molecule has 0 saturated carbocycles. The van der Waals surface area contributed by atoms with Crippen molar-refractivity contribution >= 4 is 41.3 Å². The van der Waals surface area contributed by atoms with E-state index in [0.717, 1.165) is 49.2 Å². The number of nitrogens with one attached hydrogen (secondary N) is 1. The SMILES string of the molecule is CN=C(NCC1CCCO1)N(C)Cc1csc(C(C)OC)n1.I. The van der Waals surface area contributed by atoms with E-state index in [1.807, 2.05) is 14.0 Å². The van der Waals surface area contributed by atoms with Crippen LogP contribution in [0.4, 0.5) is 0 Å². The number of hydrogen-bond acceptors (Lipinski definition) is 5. The van der Waals surface area contributed by atoms with Crippen LogP contribution < -0.4 is 5.32 Å². The molecule has 1 fully saturated rings. The Bertz CT molecular complexity index is 492. The Morgan fingerprint density at radius 1 is 1.65 bits per heavy atom. The van der Waals surface area contributed by atoms with Crippen LogP contribution in [0.25, 0.3) is 0 Å². The fourth-order valence-electron chi connectivity index (χ4n) is 2.40. The van der Waals surface area contributed by atoms with E-state index in [2.05, 4.69) is 25.6 Å². The van der Waals surface area contributed by atoms with E-state index in [0.29, 0.717) is 6.10 Å². The van der Waals surface area contributed by atoms with Gasteiger partial charge in [-0.2, -0.15) is 0 Å². The summed E-state index contributed by atoms with van der Waals surface area (Å²) in [4.78, 5) is 11.0. The maximum absolute atomic E-state index is 5.63. The van der Waals surface area contributed by atoms with Crippen LogP contribution in [0.1, 0.15) is 36.6 Å². The number of ether oxygens (including phenoxy) is 2. The molecule has 1 N–H and O–H groups in total. The maximum atomic E-state index is 5.63. The normalized spacial score (nSPS) is 19.3. The Balaban J connectivity index is 0.00000264. The van der Waals surface area contributed by atoms with Crippen molar-refractivity contribution in [1.29, 1.82) is 0 Å². The molecule has 1 aromatic rings. The lowest BCUT2D eigenvalue weighted by Gasteiger charge is -2.22. The van der Waals surface area contributed by atoms with E-state index >= 15 is 0 Å². The first-order chi connectivity index (χ1) is 10.6. The molecule has 1 aliphatic heterocycles. The Hall–Kier alpha value is -0.450. The molecule has 2 rings (SSSR count). The van der Waals surface area contributed by atoms with Gasteiger partial charge in [-0.25, -0.2) is 4.98 Å². The lowest BCUT2D eigenvalue weighted by molar-refractivity contribution is 0.113. The highest BCUT2D eigenvalue weighted by Crippen LogP contribution is 2.20. The van der Waals surface area contributed by atoms with E-state index < -0.39 is 0 Å². The molecule has 6 nitrogen and oxygen atoms in total. The van der Waals surface area contributed by atoms with Crippen LogP contribution >= 0.6 is 35.3 Å². The van der Waals surface area contributed by atoms with Gasteiger partial charge in [0.25, 0.3) is 0 Å². The average molecular weight is 454 g/mol. The minimum absolute atomic E-state index is 0. The molecule has 0 aliphatic carbocycles. The molecule has 8 heteroatoms. The second-order valence-electron chi connectivity index (χ2n) is 5.47. The average Bonchev–Trinajstić information content (AvgIpc) is 3.18. The van der Waals surface area contributed by atoms with Crippen molar-refractivity contribution in [3.05, 3.63) is 16.1 Å². The molecule has 0 aromatic carbocycles. The smallest absolute Gasteiger partial charge is 0.193 e. The fourth-order valence-corrected chi connectivity index (χ4v) is 3.24. The van der Waals surface area contributed by atoms with E-state index in [1.165, 1.54) is 0 Å². The third-order valence-electron chi connectivity index (χ3n) is 3.76. The molecule has 1 saturated heterocycles. The quantitative estimate of drug-likeness (QED) is 0.407. The molecule has 0 bridgehead atoms. The minimum Gasteiger partial charge on any atom is -0.376 e. The first-order valence-corrected chi connectivity index (χ1v) is 8.52. The molecule has 23 heavy (non-hydrogen) atoms. The molecular formula is C15H27IN4O2S. The Labute approximate surface area is 159 Å². The zero-order valence-electron chi connectivity index (χ0n) is 14.2. The number of methoxy groups -OCH3 is 1. The van der Waals surface area contributed by atoms with Gasteiger partial charge in [-0.1, -0.05) is 0 Å². The molecule has 2 heterocycles. The topological polar surface area (TPSA) is 59.0 Å². The van der Waals surface area contributed by atoms with E-state index in [9.17, 15) is 0 Å². The lowest BCUT2D eigenvalue weighted by atomic mass is 10.2. The second-order valence-corrected chi connectivity index (χ2v) is 6.36. The minimum atomic E-state index is 0. The third-order valence-corrected chi connectivity index (χ3v) is 4.81. The summed E-state index contributed by atoms with van der Waals surface area (Å²) in [5.41, 5.74) is 1.03. The number of thiazole rings is 1. The highest BCUT2D eigenvalue weighted by molar-refractivity contribution is 14.0. The fraction of sp³-hybridized carbons (Fsp3) is 0.733. The van der Waals surface area contributed by atoms with Gasteiger partial charge in [0.05, 0.1) is 18.3 Å². The molecule has 132 valence electrons. The summed E-state index contributed by atoms with van der Waals surface area (Å²) in [7, 11) is 5.52. The van der Waals surface area contributed by atoms with E-state index in [1.54, 1.807) is 25.5 Å². The van der Waals surface area contributed by atoms with Crippen molar-refractivity contribution < 1.29 is 9.47 Å². The predicted octanol–water partition coefficient (Wildman–Crippen LogP) is 2.65. The summed E-state index contributed by atoms with van der Waals surface area (Å²) in [6.07, 6.45) is 2.62. The van der Waals surface area contributed by atoms with Crippen LogP contribution in [0.2, 0.25) is 0 Å². The van der Waals surface area contributed by atoms with Gasteiger partial charge in [0.2, 0.25) is 0 Å². The summed E-state index contributed by atoms with van der Waals surface area (Å²) >= 11 is 1.63. The molecule has 1 aliphatic rings. The Morgan fingerprint density at radius 2 is 2.43 bits per heavy atom. The lowest BCUT2D eigenvalue weighted by Crippen LogP contribution is -2.41. The molecule has 2 atom stereocenters. The summed E-state index contributed by atoms with van der Waals surface area (Å²) in [6, 6.07) is 0. The third kappa shape index (κ3) is 6.17. The zero-order valence-corrected chi connectivity index (χ0v) is 17.4. The maximum Gasteiger partial charge on any atom is 0.193 e. The summed E-state index contributed by atoms with van der Waals surface area (Å²) in [6.45, 7) is 4.41. The monoisotopic (exact) mass is 454 g/mol. The van der Waals surface area contributed by atoms with Crippen LogP contribution in [0, 0.1) is 0 Å². The van der Waals surface area contributed by atoms with Crippen molar-refractivity contribution in [1.82, 2.24) is 15.2 Å². The number of halogens is 1. The van der Waals surface area contributed by atoms with Crippen LogP contribution in [-0.4, -0.2) is 56.3 Å². The zero-order chi connectivity index (χ0) is 15.9. The van der Waals surface area contributed by atoms with Gasteiger partial charge in [-0.3, -0.25) is 4.99 Å². The van der Waals surface area contributed by atoms with Crippen LogP contribution in [0.15, 0.2) is 10.4 Å². The molecular weight excluding hydrogens is 427 g/mol. The number of nitrogens with zero attached hydrogens (tertiary/aromatic N) is 3. The predicted molar refractivity (Wildman–Crippen MR) is 105 cm³/mol. The van der Waals surface area contributed by atoms with Gasteiger partial charge in [0.15, 0.2) is 5.96 Å². The first kappa shape index (κ1) is 20.6. The Kier molecular flexibility index (Phi) is 9.33. The van der Waals surface area contributed by atoms with Crippen LogP contribution in [0.5, 0.6) is 0 Å². The standard InChI is InChI=1S/C15H26N4O2S.HI/c1-11(20-4)14-18-12(10-22-14)9-19(3)15(16-2)17-8-13-6-5-7-21-13;/h10-11,13H,5-9H2,1-4H3,(H,16,17);1H. The number of aliphatic imine (C=N–C) groups is 1. The van der Waals surface area contributed by atoms with E-state index in [4.69, 9.17) is 9.47 Å². The highest BCUT2D eigenvalue weighted by atomic mass is 127. The van der Waals surface area contributed by atoms with Crippen molar-refractivity contribution in [2.75, 3.05) is 34.4 Å². The second kappa shape index (κ2) is 10.4. The summed E-state index contributed by atoms with van der Waals surface area (Å²) < 4.78 is 10.9. The first-order valence-electron chi connectivity index (χ1n) is 7.64. The number of rotatable bonds is 6. The molecule has 0 amide bonds. The van der Waals surface area contributed by atoms with Gasteiger partial charge in [0.1, 0.15) is 11.1 Å².